The zero-order valence-electron chi connectivity index (χ0n) is 34.1. The van der Waals surface area contributed by atoms with Crippen molar-refractivity contribution in [3.63, 3.8) is 0 Å². The Morgan fingerprint density at radius 2 is 0.714 bits per heavy atom. The summed E-state index contributed by atoms with van der Waals surface area (Å²) in [5.41, 5.74) is 13.7. The molecule has 0 N–H and O–H groups in total. The maximum atomic E-state index is 5.45. The van der Waals surface area contributed by atoms with Crippen LogP contribution in [0.1, 0.15) is 0 Å². The molecule has 0 bridgehead atoms. The first-order chi connectivity index (χ1) is 31.2. The van der Waals surface area contributed by atoms with Gasteiger partial charge in [-0.25, -0.2) is 19.9 Å². The maximum Gasteiger partial charge on any atom is 0.164 e. The second-order valence-corrected chi connectivity index (χ2v) is 15.9. The molecule has 5 heteroatoms. The van der Waals surface area contributed by atoms with Crippen molar-refractivity contribution in [3.8, 4) is 73.4 Å². The molecule has 0 aliphatic heterocycles. The summed E-state index contributed by atoms with van der Waals surface area (Å²) in [6, 6.07) is 78.7. The van der Waals surface area contributed by atoms with Gasteiger partial charge >= 0.3 is 0 Å². The highest BCUT2D eigenvalue weighted by molar-refractivity contribution is 6.20. The molecule has 0 radical (unpaired) electrons. The van der Waals surface area contributed by atoms with Crippen molar-refractivity contribution in [1.29, 1.82) is 0 Å². The van der Waals surface area contributed by atoms with Gasteiger partial charge in [-0.05, 0) is 64.0 Å². The van der Waals surface area contributed by atoms with Crippen molar-refractivity contribution in [3.05, 3.63) is 224 Å². The monoisotopic (exact) mass is 803 g/mol. The highest BCUT2D eigenvalue weighted by Crippen LogP contribution is 2.41. The van der Waals surface area contributed by atoms with Crippen LogP contribution in [0.5, 0.6) is 0 Å². The molecule has 3 aromatic heterocycles. The van der Waals surface area contributed by atoms with Crippen LogP contribution in [0, 0.1) is 0 Å². The molecule has 9 aromatic carbocycles. The molecule has 63 heavy (non-hydrogen) atoms. The Labute approximate surface area is 364 Å². The first-order valence-corrected chi connectivity index (χ1v) is 21.2. The van der Waals surface area contributed by atoms with Gasteiger partial charge in [0.2, 0.25) is 0 Å². The van der Waals surface area contributed by atoms with E-state index in [2.05, 4.69) is 193 Å². The average molecular weight is 804 g/mol. The summed E-state index contributed by atoms with van der Waals surface area (Å²) in [5.74, 6) is 1.89. The van der Waals surface area contributed by atoms with Crippen LogP contribution in [-0.4, -0.2) is 24.5 Å². The average Bonchev–Trinajstić information content (AvgIpc) is 3.69. The number of hydrogen-bond acceptors (Lipinski definition) is 4. The minimum absolute atomic E-state index is 0.622. The van der Waals surface area contributed by atoms with E-state index < -0.39 is 0 Å². The smallest absolute Gasteiger partial charge is 0.164 e. The molecule has 12 rings (SSSR count). The molecule has 0 fully saturated rings. The van der Waals surface area contributed by atoms with Crippen molar-refractivity contribution in [2.45, 2.75) is 0 Å². The van der Waals surface area contributed by atoms with Crippen molar-refractivity contribution >= 4 is 43.5 Å². The molecule has 0 aliphatic rings. The lowest BCUT2D eigenvalue weighted by molar-refractivity contribution is 1.07. The number of nitrogens with zero attached hydrogens (tertiary/aromatic N) is 5. The van der Waals surface area contributed by atoms with Crippen LogP contribution < -0.4 is 0 Å². The fraction of sp³-hybridized carbons (Fsp3) is 0. The molecule has 0 amide bonds. The Hall–Kier alpha value is -8.54. The molecule has 0 saturated heterocycles. The van der Waals surface area contributed by atoms with Crippen LogP contribution in [0.15, 0.2) is 224 Å². The quantitative estimate of drug-likeness (QED) is 0.151. The molecular weight excluding hydrogens is 767 g/mol. The Kier molecular flexibility index (Phi) is 8.75. The van der Waals surface area contributed by atoms with Gasteiger partial charge < -0.3 is 4.57 Å². The molecule has 0 unspecified atom stereocenters. The third kappa shape index (κ3) is 6.51. The van der Waals surface area contributed by atoms with Gasteiger partial charge in [-0.2, -0.15) is 0 Å². The van der Waals surface area contributed by atoms with Gasteiger partial charge in [-0.15, -0.1) is 0 Å². The summed E-state index contributed by atoms with van der Waals surface area (Å²) in [6.07, 6.45) is 0. The van der Waals surface area contributed by atoms with Crippen molar-refractivity contribution in [2.24, 2.45) is 0 Å². The number of pyridine rings is 1. The summed E-state index contributed by atoms with van der Waals surface area (Å²) >= 11 is 0. The predicted octanol–water partition coefficient (Wildman–Crippen LogP) is 14.7. The zero-order chi connectivity index (χ0) is 41.7. The summed E-state index contributed by atoms with van der Waals surface area (Å²) in [6.45, 7) is 0. The summed E-state index contributed by atoms with van der Waals surface area (Å²) in [5, 5.41) is 5.86. The van der Waals surface area contributed by atoms with Gasteiger partial charge in [0, 0.05) is 49.5 Å². The number of fused-ring (bicyclic) bond motifs is 6. The minimum atomic E-state index is 0.622. The summed E-state index contributed by atoms with van der Waals surface area (Å²) in [4.78, 5) is 20.5. The zero-order valence-corrected chi connectivity index (χ0v) is 34.1. The number of aromatic nitrogens is 5. The Morgan fingerprint density at radius 1 is 0.254 bits per heavy atom. The highest BCUT2D eigenvalue weighted by atomic mass is 15.0. The van der Waals surface area contributed by atoms with Gasteiger partial charge in [0.25, 0.3) is 0 Å². The number of rotatable bonds is 7. The van der Waals surface area contributed by atoms with Crippen LogP contribution in [0.25, 0.3) is 117 Å². The normalized spacial score (nSPS) is 11.5. The lowest BCUT2D eigenvalue weighted by Gasteiger charge is -2.13. The van der Waals surface area contributed by atoms with Crippen LogP contribution in [0.3, 0.4) is 0 Å². The highest BCUT2D eigenvalue weighted by Gasteiger charge is 2.19. The largest absolute Gasteiger partial charge is 0.309 e. The van der Waals surface area contributed by atoms with E-state index in [1.807, 2.05) is 36.4 Å². The molecule has 0 spiro atoms. The van der Waals surface area contributed by atoms with E-state index in [1.165, 1.54) is 27.2 Å². The van der Waals surface area contributed by atoms with Crippen molar-refractivity contribution in [2.75, 3.05) is 0 Å². The summed E-state index contributed by atoms with van der Waals surface area (Å²) in [7, 11) is 0. The fourth-order valence-electron chi connectivity index (χ4n) is 8.92. The Balaban J connectivity index is 0.963. The minimum Gasteiger partial charge on any atom is -0.309 e. The maximum absolute atomic E-state index is 5.45. The van der Waals surface area contributed by atoms with Gasteiger partial charge in [0.1, 0.15) is 0 Å². The molecule has 0 aliphatic carbocycles. The second-order valence-electron chi connectivity index (χ2n) is 15.9. The van der Waals surface area contributed by atoms with E-state index in [9.17, 15) is 0 Å². The third-order valence-electron chi connectivity index (χ3n) is 12.0. The van der Waals surface area contributed by atoms with E-state index in [0.29, 0.717) is 17.5 Å². The molecule has 0 saturated carbocycles. The van der Waals surface area contributed by atoms with E-state index in [4.69, 9.17) is 19.9 Å². The van der Waals surface area contributed by atoms with E-state index in [1.54, 1.807) is 0 Å². The number of para-hydroxylation sites is 2. The lowest BCUT2D eigenvalue weighted by atomic mass is 9.96. The molecular formula is C58H37N5. The SMILES string of the molecule is c1ccc(-c2ccc(-c3nc(-c4ccccc4)nc(-c4ccc(-c5ccc6c(c5)nc(-c5ccccc5)c5cc7c(cc56)c5ccccc5n7-c5ccccc5)cc4)n3)cc2)cc1. The second kappa shape index (κ2) is 15.2. The van der Waals surface area contributed by atoms with Gasteiger partial charge in [0.15, 0.2) is 17.5 Å². The molecule has 0 atom stereocenters. The summed E-state index contributed by atoms with van der Waals surface area (Å²) < 4.78 is 2.37. The topological polar surface area (TPSA) is 56.5 Å². The first kappa shape index (κ1) is 36.3. The number of hydrogen-bond donors (Lipinski definition) is 0. The molecule has 5 nitrogen and oxygen atoms in total. The number of benzene rings is 9. The Morgan fingerprint density at radius 3 is 1.33 bits per heavy atom. The van der Waals surface area contributed by atoms with Crippen molar-refractivity contribution in [1.82, 2.24) is 24.5 Å². The third-order valence-corrected chi connectivity index (χ3v) is 12.0. The van der Waals surface area contributed by atoms with Gasteiger partial charge in [-0.1, -0.05) is 188 Å². The molecule has 12 aromatic rings. The van der Waals surface area contributed by atoms with E-state index in [0.717, 1.165) is 72.1 Å². The first-order valence-electron chi connectivity index (χ1n) is 21.2. The van der Waals surface area contributed by atoms with Crippen LogP contribution in [0.4, 0.5) is 0 Å². The van der Waals surface area contributed by atoms with E-state index >= 15 is 0 Å². The van der Waals surface area contributed by atoms with Crippen LogP contribution in [0.2, 0.25) is 0 Å². The Bertz CT molecular complexity index is 3620. The molecule has 3 heterocycles. The predicted molar refractivity (Wildman–Crippen MR) is 260 cm³/mol. The van der Waals surface area contributed by atoms with Gasteiger partial charge in [-0.3, -0.25) is 0 Å². The van der Waals surface area contributed by atoms with Gasteiger partial charge in [0.05, 0.1) is 22.2 Å². The van der Waals surface area contributed by atoms with Crippen LogP contribution in [-0.2, 0) is 0 Å². The lowest BCUT2D eigenvalue weighted by Crippen LogP contribution is -2.00. The van der Waals surface area contributed by atoms with Crippen molar-refractivity contribution < 1.29 is 0 Å². The molecule has 294 valence electrons. The standard InChI is InChI=1S/C58H37N5/c1-5-15-38(16-6-1)39-25-29-43(30-26-39)57-60-56(42-19-9-3-10-20-42)61-58(62-57)44-31-27-40(28-32-44)45-33-34-47-49-36-50-48-23-13-14-24-53(48)63(46-21-11-4-12-22-46)54(50)37-51(49)55(59-52(47)35-45)41-17-7-2-8-18-41/h1-37H. The van der Waals surface area contributed by atoms with Crippen LogP contribution >= 0.6 is 0 Å². The van der Waals surface area contributed by atoms with E-state index in [-0.39, 0.29) is 0 Å². The fourth-order valence-corrected chi connectivity index (χ4v) is 8.92.